The molecule has 0 aromatic carbocycles. The molecule has 1 unspecified atom stereocenters. The molecule has 0 saturated carbocycles. The van der Waals surface area contributed by atoms with Crippen molar-refractivity contribution in [1.29, 1.82) is 0 Å². The van der Waals surface area contributed by atoms with E-state index in [0.717, 1.165) is 0 Å². The Balaban J connectivity index is 4.40. The number of halogens is 6. The van der Waals surface area contributed by atoms with Crippen molar-refractivity contribution in [3.8, 4) is 0 Å². The minimum Gasteiger partial charge on any atom is -0.227 e. The van der Waals surface area contributed by atoms with Gasteiger partial charge in [0.05, 0.1) is 0 Å². The number of hydrogen-bond acceptors (Lipinski definition) is 0. The Morgan fingerprint density at radius 1 is 1.00 bits per heavy atom. The van der Waals surface area contributed by atoms with E-state index in [4.69, 9.17) is 0 Å². The van der Waals surface area contributed by atoms with E-state index in [1.54, 1.807) is 0 Å². The lowest BCUT2D eigenvalue weighted by Crippen LogP contribution is -2.40. The number of hydrogen-bond donors (Lipinski definition) is 0. The van der Waals surface area contributed by atoms with Gasteiger partial charge in [-0.1, -0.05) is 0 Å². The van der Waals surface area contributed by atoms with Crippen LogP contribution in [-0.2, 0) is 0 Å². The van der Waals surface area contributed by atoms with Gasteiger partial charge in [0.25, 0.3) is 5.67 Å². The molecule has 0 aromatic heterocycles. The summed E-state index contributed by atoms with van der Waals surface area (Å²) in [6, 6.07) is 0. The predicted molar refractivity (Wildman–Crippen MR) is 21.0 cm³/mol. The maximum atomic E-state index is 11.8. The highest BCUT2D eigenvalue weighted by Gasteiger charge is 2.60. The molecule has 0 aliphatic rings. The van der Waals surface area contributed by atoms with Crippen molar-refractivity contribution in [3.63, 3.8) is 0 Å². The zero-order valence-electron chi connectivity index (χ0n) is 4.77. The first-order chi connectivity index (χ1) is 4.19. The van der Waals surface area contributed by atoms with Crippen LogP contribution >= 0.6 is 0 Å². The van der Waals surface area contributed by atoms with Crippen LogP contribution in [0.4, 0.5) is 26.3 Å². The summed E-state index contributed by atoms with van der Waals surface area (Å²) in [5.41, 5.74) is -4.48. The van der Waals surface area contributed by atoms with Crippen LogP contribution in [0, 0.1) is 6.43 Å². The van der Waals surface area contributed by atoms with Crippen molar-refractivity contribution in [2.75, 3.05) is 0 Å². The van der Waals surface area contributed by atoms with E-state index in [-0.39, 0.29) is 6.92 Å². The van der Waals surface area contributed by atoms with Gasteiger partial charge >= 0.3 is 12.6 Å². The molecule has 10 heavy (non-hydrogen) atoms. The van der Waals surface area contributed by atoms with E-state index in [1.165, 1.54) is 0 Å². The highest BCUT2D eigenvalue weighted by molar-refractivity contribution is 4.95. The molecule has 0 amide bonds. The van der Waals surface area contributed by atoms with Crippen molar-refractivity contribution in [1.82, 2.24) is 0 Å². The van der Waals surface area contributed by atoms with E-state index in [1.807, 2.05) is 0 Å². The first kappa shape index (κ1) is 9.58. The SMILES string of the molecule is CC(F)([C](F)F)C(F)(F)F. The van der Waals surface area contributed by atoms with Gasteiger partial charge in [-0.15, -0.1) is 0 Å². The highest BCUT2D eigenvalue weighted by Crippen LogP contribution is 2.41. The van der Waals surface area contributed by atoms with Crippen molar-refractivity contribution < 1.29 is 26.3 Å². The topological polar surface area (TPSA) is 0 Å². The van der Waals surface area contributed by atoms with E-state index in [9.17, 15) is 26.3 Å². The zero-order chi connectivity index (χ0) is 8.58. The van der Waals surface area contributed by atoms with Crippen molar-refractivity contribution in [2.24, 2.45) is 0 Å². The Hall–Kier alpha value is -0.420. The summed E-state index contributed by atoms with van der Waals surface area (Å²) in [5, 5.41) is 0. The average Bonchev–Trinajstić information content (AvgIpc) is 1.62. The molecule has 6 heteroatoms. The van der Waals surface area contributed by atoms with Gasteiger partial charge in [0, 0.05) is 0 Å². The quantitative estimate of drug-likeness (QED) is 0.524. The number of alkyl halides is 4. The fourth-order valence-corrected chi connectivity index (χ4v) is 0.107. The van der Waals surface area contributed by atoms with Crippen LogP contribution in [0.15, 0.2) is 0 Å². The van der Waals surface area contributed by atoms with Gasteiger partial charge in [0.2, 0.25) is 0 Å². The molecule has 0 rings (SSSR count). The molecular weight excluding hydrogens is 162 g/mol. The fraction of sp³-hybridized carbons (Fsp3) is 0.750. The van der Waals surface area contributed by atoms with Crippen LogP contribution in [-0.4, -0.2) is 11.8 Å². The molecule has 61 valence electrons. The summed E-state index contributed by atoms with van der Waals surface area (Å²) in [6.07, 6.45) is -8.81. The zero-order valence-corrected chi connectivity index (χ0v) is 4.77. The van der Waals surface area contributed by atoms with Crippen molar-refractivity contribution in [3.05, 3.63) is 6.43 Å². The van der Waals surface area contributed by atoms with Crippen molar-refractivity contribution in [2.45, 2.75) is 18.8 Å². The lowest BCUT2D eigenvalue weighted by atomic mass is 10.1. The molecular formula is C4H3F6. The van der Waals surface area contributed by atoms with Gasteiger partial charge in [-0.2, -0.15) is 22.0 Å². The highest BCUT2D eigenvalue weighted by atomic mass is 19.4. The Morgan fingerprint density at radius 3 is 1.30 bits per heavy atom. The summed E-state index contributed by atoms with van der Waals surface area (Å²) in [5.74, 6) is 0. The lowest BCUT2D eigenvalue weighted by Gasteiger charge is -2.20. The predicted octanol–water partition coefficient (Wildman–Crippen LogP) is 2.71. The largest absolute Gasteiger partial charge is 0.428 e. The molecule has 0 bridgehead atoms. The van der Waals surface area contributed by atoms with E-state index in [2.05, 4.69) is 0 Å². The van der Waals surface area contributed by atoms with Crippen LogP contribution in [0.2, 0.25) is 0 Å². The van der Waals surface area contributed by atoms with Crippen LogP contribution in [0.1, 0.15) is 6.92 Å². The Labute approximate surface area is 52.8 Å². The first-order valence-corrected chi connectivity index (χ1v) is 2.13. The minimum absolute atomic E-state index is 0.234. The third-order valence-corrected chi connectivity index (χ3v) is 0.887. The lowest BCUT2D eigenvalue weighted by molar-refractivity contribution is -0.235. The molecule has 0 aliphatic carbocycles. The summed E-state index contributed by atoms with van der Waals surface area (Å²) < 4.78 is 67.7. The molecule has 1 atom stereocenters. The van der Waals surface area contributed by atoms with E-state index >= 15 is 0 Å². The second-order valence-corrected chi connectivity index (χ2v) is 1.76. The van der Waals surface area contributed by atoms with Crippen LogP contribution in [0.5, 0.6) is 0 Å². The van der Waals surface area contributed by atoms with Crippen LogP contribution in [0.25, 0.3) is 0 Å². The Bertz CT molecular complexity index is 111. The third-order valence-electron chi connectivity index (χ3n) is 0.887. The standard InChI is InChI=1S/C4H3F6/c1-3(7,2(5)6)4(8,9)10/h1H3. The summed E-state index contributed by atoms with van der Waals surface area (Å²) in [6.45, 7) is -0.234. The minimum atomic E-state index is -5.54. The third kappa shape index (κ3) is 1.54. The van der Waals surface area contributed by atoms with Gasteiger partial charge in [0.1, 0.15) is 0 Å². The van der Waals surface area contributed by atoms with Gasteiger partial charge in [-0.3, -0.25) is 0 Å². The van der Waals surface area contributed by atoms with Crippen LogP contribution in [0.3, 0.4) is 0 Å². The Morgan fingerprint density at radius 2 is 1.30 bits per heavy atom. The maximum Gasteiger partial charge on any atom is 0.428 e. The second-order valence-electron chi connectivity index (χ2n) is 1.76. The molecule has 0 aliphatic heterocycles. The fourth-order valence-electron chi connectivity index (χ4n) is 0.107. The second kappa shape index (κ2) is 2.32. The van der Waals surface area contributed by atoms with Crippen molar-refractivity contribution >= 4 is 0 Å². The number of rotatable bonds is 1. The normalized spacial score (nSPS) is 19.2. The summed E-state index contributed by atoms with van der Waals surface area (Å²) in [7, 11) is 0. The molecule has 0 spiro atoms. The molecule has 0 N–H and O–H groups in total. The molecule has 0 saturated heterocycles. The smallest absolute Gasteiger partial charge is 0.227 e. The monoisotopic (exact) mass is 165 g/mol. The molecule has 0 fully saturated rings. The summed E-state index contributed by atoms with van der Waals surface area (Å²) in [4.78, 5) is 0. The average molecular weight is 165 g/mol. The van der Waals surface area contributed by atoms with Gasteiger partial charge in [-0.25, -0.2) is 4.39 Å². The van der Waals surface area contributed by atoms with Gasteiger partial charge in [-0.05, 0) is 6.92 Å². The van der Waals surface area contributed by atoms with E-state index < -0.39 is 18.3 Å². The molecule has 0 nitrogen and oxygen atoms in total. The molecule has 0 heterocycles. The van der Waals surface area contributed by atoms with E-state index in [0.29, 0.717) is 0 Å². The Kier molecular flexibility index (Phi) is 2.22. The van der Waals surface area contributed by atoms with Crippen LogP contribution < -0.4 is 0 Å². The van der Waals surface area contributed by atoms with Gasteiger partial charge < -0.3 is 0 Å². The molecule has 0 aromatic rings. The summed E-state index contributed by atoms with van der Waals surface area (Å²) >= 11 is 0. The van der Waals surface area contributed by atoms with Gasteiger partial charge in [0.15, 0.2) is 0 Å². The first-order valence-electron chi connectivity index (χ1n) is 2.13. The maximum absolute atomic E-state index is 11.8. The molecule has 1 radical (unpaired) electrons.